The molecule has 128 valence electrons. The molecule has 3 unspecified atom stereocenters. The molecule has 3 aliphatic rings. The van der Waals surface area contributed by atoms with E-state index in [4.69, 9.17) is 4.74 Å². The van der Waals surface area contributed by atoms with E-state index in [-0.39, 0.29) is 23.2 Å². The summed E-state index contributed by atoms with van der Waals surface area (Å²) in [6.45, 7) is 6.37. The number of hydrogen-bond donors (Lipinski definition) is 2. The number of phenolic OH excluding ortho intramolecular Hbond substituents is 1. The molecule has 3 atom stereocenters. The van der Waals surface area contributed by atoms with Gasteiger partial charge in [0, 0.05) is 16.6 Å². The molecule has 0 fully saturated rings. The van der Waals surface area contributed by atoms with Gasteiger partial charge < -0.3 is 14.9 Å². The van der Waals surface area contributed by atoms with Crippen molar-refractivity contribution < 1.29 is 19.7 Å². The first-order valence-electron chi connectivity index (χ1n) is 8.81. The lowest BCUT2D eigenvalue weighted by Crippen LogP contribution is -2.42. The van der Waals surface area contributed by atoms with Gasteiger partial charge in [0.05, 0.1) is 0 Å². The quantitative estimate of drug-likeness (QED) is 0.776. The summed E-state index contributed by atoms with van der Waals surface area (Å²) in [5.74, 6) is 0.452. The van der Waals surface area contributed by atoms with Gasteiger partial charge >= 0.3 is 5.97 Å². The predicted molar refractivity (Wildman–Crippen MR) is 89.7 cm³/mol. The van der Waals surface area contributed by atoms with Gasteiger partial charge in [-0.15, -0.1) is 0 Å². The second-order valence-corrected chi connectivity index (χ2v) is 7.88. The van der Waals surface area contributed by atoms with Crippen LogP contribution in [-0.2, 0) is 21.4 Å². The standard InChI is InChI=1S/C20H24O4/c1-10(2)11-4-6-14-12(17(11)21)5-7-15-16-13(8-9-20(14,15)3)18(22)24-19(16)23/h4,6,10,15,19,21,23H,5,7-9H2,1-3H3. The molecule has 0 saturated heterocycles. The molecule has 4 nitrogen and oxygen atoms in total. The number of esters is 1. The Morgan fingerprint density at radius 2 is 2.04 bits per heavy atom. The minimum absolute atomic E-state index is 0.0968. The summed E-state index contributed by atoms with van der Waals surface area (Å²) in [5.41, 5.74) is 4.49. The van der Waals surface area contributed by atoms with Crippen molar-refractivity contribution in [3.8, 4) is 5.75 Å². The number of ether oxygens (including phenoxy) is 1. The first-order valence-corrected chi connectivity index (χ1v) is 8.81. The van der Waals surface area contributed by atoms with E-state index >= 15 is 0 Å². The van der Waals surface area contributed by atoms with Crippen molar-refractivity contribution in [1.82, 2.24) is 0 Å². The minimum Gasteiger partial charge on any atom is -0.507 e. The number of benzene rings is 1. The van der Waals surface area contributed by atoms with E-state index in [0.29, 0.717) is 17.7 Å². The molecule has 0 bridgehead atoms. The normalized spacial score (nSPS) is 31.6. The van der Waals surface area contributed by atoms with Gasteiger partial charge in [0.2, 0.25) is 6.29 Å². The van der Waals surface area contributed by atoms with Gasteiger partial charge in [0.1, 0.15) is 5.75 Å². The van der Waals surface area contributed by atoms with Crippen LogP contribution < -0.4 is 0 Å². The number of hydrogen-bond acceptors (Lipinski definition) is 4. The molecule has 24 heavy (non-hydrogen) atoms. The maximum Gasteiger partial charge on any atom is 0.336 e. The number of carbonyl (C=O) groups is 1. The maximum absolute atomic E-state index is 11.9. The number of phenols is 1. The molecule has 0 radical (unpaired) electrons. The van der Waals surface area contributed by atoms with Gasteiger partial charge in [-0.1, -0.05) is 32.9 Å². The average Bonchev–Trinajstić information content (AvgIpc) is 2.81. The molecule has 2 N–H and O–H groups in total. The summed E-state index contributed by atoms with van der Waals surface area (Å²) < 4.78 is 5.06. The molecule has 4 heteroatoms. The average molecular weight is 328 g/mol. The number of cyclic esters (lactones) is 1. The molecule has 0 spiro atoms. The van der Waals surface area contributed by atoms with Crippen LogP contribution in [-0.4, -0.2) is 22.5 Å². The Labute approximate surface area is 142 Å². The molecule has 1 aliphatic heterocycles. The van der Waals surface area contributed by atoms with Crippen LogP contribution in [0.15, 0.2) is 23.3 Å². The van der Waals surface area contributed by atoms with Crippen LogP contribution in [0.1, 0.15) is 62.6 Å². The topological polar surface area (TPSA) is 66.8 Å². The molecule has 0 amide bonds. The Bertz CT molecular complexity index is 761. The van der Waals surface area contributed by atoms with E-state index in [9.17, 15) is 15.0 Å². The van der Waals surface area contributed by atoms with E-state index in [0.717, 1.165) is 36.0 Å². The van der Waals surface area contributed by atoms with Crippen molar-refractivity contribution in [2.45, 2.75) is 64.1 Å². The lowest BCUT2D eigenvalue weighted by atomic mass is 9.56. The Hall–Kier alpha value is -1.81. The van der Waals surface area contributed by atoms with Crippen molar-refractivity contribution in [1.29, 1.82) is 0 Å². The Kier molecular flexibility index (Phi) is 3.33. The first-order chi connectivity index (χ1) is 11.3. The summed E-state index contributed by atoms with van der Waals surface area (Å²) in [7, 11) is 0. The highest BCUT2D eigenvalue weighted by atomic mass is 16.6. The van der Waals surface area contributed by atoms with E-state index in [1.807, 2.05) is 6.07 Å². The third-order valence-corrected chi connectivity index (χ3v) is 6.35. The number of aliphatic hydroxyl groups excluding tert-OH is 1. The third kappa shape index (κ3) is 1.92. The molecular weight excluding hydrogens is 304 g/mol. The van der Waals surface area contributed by atoms with Crippen LogP contribution >= 0.6 is 0 Å². The van der Waals surface area contributed by atoms with E-state index in [1.54, 1.807) is 0 Å². The van der Waals surface area contributed by atoms with Gasteiger partial charge in [-0.25, -0.2) is 4.79 Å². The number of aromatic hydroxyl groups is 1. The second-order valence-electron chi connectivity index (χ2n) is 7.88. The highest BCUT2D eigenvalue weighted by molar-refractivity contribution is 5.92. The van der Waals surface area contributed by atoms with E-state index in [2.05, 4.69) is 26.8 Å². The summed E-state index contributed by atoms with van der Waals surface area (Å²) >= 11 is 0. The monoisotopic (exact) mass is 328 g/mol. The van der Waals surface area contributed by atoms with E-state index < -0.39 is 6.29 Å². The molecule has 1 aromatic carbocycles. The lowest BCUT2D eigenvalue weighted by Gasteiger charge is -2.47. The van der Waals surface area contributed by atoms with Gasteiger partial charge in [0.25, 0.3) is 0 Å². The number of fused-ring (bicyclic) bond motifs is 4. The fraction of sp³-hybridized carbons (Fsp3) is 0.550. The lowest BCUT2D eigenvalue weighted by molar-refractivity contribution is -0.152. The smallest absolute Gasteiger partial charge is 0.336 e. The number of rotatable bonds is 1. The summed E-state index contributed by atoms with van der Waals surface area (Å²) in [6, 6.07) is 4.18. The zero-order valence-corrected chi connectivity index (χ0v) is 14.4. The Balaban J connectivity index is 1.85. The fourth-order valence-corrected chi connectivity index (χ4v) is 5.03. The maximum atomic E-state index is 11.9. The summed E-state index contributed by atoms with van der Waals surface area (Å²) in [5, 5.41) is 21.0. The SMILES string of the molecule is CC(C)c1ccc2c(c1O)CCC1C3=C(CCC21C)C(=O)OC3O. The number of aliphatic hydroxyl groups is 1. The van der Waals surface area contributed by atoms with Gasteiger partial charge in [-0.05, 0) is 54.2 Å². The van der Waals surface area contributed by atoms with E-state index in [1.165, 1.54) is 5.56 Å². The Morgan fingerprint density at radius 1 is 1.29 bits per heavy atom. The minimum atomic E-state index is -1.10. The van der Waals surface area contributed by atoms with Gasteiger partial charge in [0.15, 0.2) is 0 Å². The van der Waals surface area contributed by atoms with Gasteiger partial charge in [-0.3, -0.25) is 0 Å². The molecule has 1 heterocycles. The van der Waals surface area contributed by atoms with Gasteiger partial charge in [-0.2, -0.15) is 0 Å². The van der Waals surface area contributed by atoms with Crippen molar-refractivity contribution >= 4 is 5.97 Å². The Morgan fingerprint density at radius 3 is 2.75 bits per heavy atom. The third-order valence-electron chi connectivity index (χ3n) is 6.35. The van der Waals surface area contributed by atoms with Crippen LogP contribution in [0.25, 0.3) is 0 Å². The summed E-state index contributed by atoms with van der Waals surface area (Å²) in [6.07, 6.45) is 1.96. The predicted octanol–water partition coefficient (Wildman–Crippen LogP) is 3.30. The molecule has 0 aromatic heterocycles. The van der Waals surface area contributed by atoms with Crippen molar-refractivity contribution in [3.05, 3.63) is 40.0 Å². The van der Waals surface area contributed by atoms with Crippen LogP contribution in [0, 0.1) is 5.92 Å². The zero-order chi connectivity index (χ0) is 17.2. The number of carbonyl (C=O) groups excluding carboxylic acids is 1. The first kappa shape index (κ1) is 15.7. The fourth-order valence-electron chi connectivity index (χ4n) is 5.03. The van der Waals surface area contributed by atoms with Crippen LogP contribution in [0.3, 0.4) is 0 Å². The molecule has 1 aromatic rings. The van der Waals surface area contributed by atoms with Crippen LogP contribution in [0.5, 0.6) is 5.75 Å². The molecule has 4 rings (SSSR count). The zero-order valence-electron chi connectivity index (χ0n) is 14.4. The summed E-state index contributed by atoms with van der Waals surface area (Å²) in [4.78, 5) is 11.9. The molecular formula is C20H24O4. The van der Waals surface area contributed by atoms with Crippen LogP contribution in [0.4, 0.5) is 0 Å². The van der Waals surface area contributed by atoms with Crippen molar-refractivity contribution in [3.63, 3.8) is 0 Å². The largest absolute Gasteiger partial charge is 0.507 e. The molecule has 0 saturated carbocycles. The van der Waals surface area contributed by atoms with Crippen molar-refractivity contribution in [2.75, 3.05) is 0 Å². The highest BCUT2D eigenvalue weighted by Crippen LogP contribution is 2.56. The van der Waals surface area contributed by atoms with Crippen LogP contribution in [0.2, 0.25) is 0 Å². The molecule has 2 aliphatic carbocycles. The second kappa shape index (κ2) is 5.09. The van der Waals surface area contributed by atoms with Crippen molar-refractivity contribution in [2.24, 2.45) is 5.92 Å². The highest BCUT2D eigenvalue weighted by Gasteiger charge is 2.51.